The fourth-order valence-electron chi connectivity index (χ4n) is 3.79. The van der Waals surface area contributed by atoms with Crippen LogP contribution in [0.25, 0.3) is 11.4 Å². The zero-order valence-corrected chi connectivity index (χ0v) is 18.3. The summed E-state index contributed by atoms with van der Waals surface area (Å²) in [6.45, 7) is 4.57. The lowest BCUT2D eigenvalue weighted by Gasteiger charge is -2.36. The number of carbonyl (C=O) groups excluding carboxylic acids is 1. The van der Waals surface area contributed by atoms with Crippen molar-refractivity contribution < 1.29 is 26.9 Å². The van der Waals surface area contributed by atoms with Gasteiger partial charge in [0.15, 0.2) is 0 Å². The number of nitrogens with zero attached hydrogens (tertiary/aromatic N) is 4. The molecule has 1 aromatic heterocycles. The maximum absolute atomic E-state index is 13.3. The molecule has 0 radical (unpaired) electrons. The van der Waals surface area contributed by atoms with Crippen LogP contribution in [0.15, 0.2) is 53.1 Å². The zero-order valence-electron chi connectivity index (χ0n) is 18.3. The second kappa shape index (κ2) is 9.90. The van der Waals surface area contributed by atoms with E-state index in [0.29, 0.717) is 37.8 Å². The second-order valence-electron chi connectivity index (χ2n) is 8.08. The molecule has 0 aliphatic carbocycles. The van der Waals surface area contributed by atoms with Gasteiger partial charge in [0.2, 0.25) is 17.6 Å². The predicted octanol–water partition coefficient (Wildman–Crippen LogP) is 4.21. The molecular weight excluding hydrogens is 454 g/mol. The Balaban J connectivity index is 1.31. The third kappa shape index (κ3) is 5.78. The average Bonchev–Trinajstić information content (AvgIpc) is 3.29. The van der Waals surface area contributed by atoms with Crippen molar-refractivity contribution >= 4 is 11.6 Å². The van der Waals surface area contributed by atoms with E-state index in [1.165, 1.54) is 30.3 Å². The Labute approximate surface area is 193 Å². The van der Waals surface area contributed by atoms with Crippen LogP contribution < -0.4 is 5.32 Å². The number of benzene rings is 2. The van der Waals surface area contributed by atoms with Gasteiger partial charge < -0.3 is 9.84 Å². The molecule has 1 fully saturated rings. The van der Waals surface area contributed by atoms with E-state index in [1.807, 2.05) is 11.8 Å². The van der Waals surface area contributed by atoms with Crippen LogP contribution in [-0.4, -0.2) is 58.6 Å². The van der Waals surface area contributed by atoms with E-state index in [-0.39, 0.29) is 29.9 Å². The number of amides is 1. The Kier molecular flexibility index (Phi) is 6.94. The van der Waals surface area contributed by atoms with Gasteiger partial charge in [-0.3, -0.25) is 14.6 Å². The summed E-state index contributed by atoms with van der Waals surface area (Å²) < 4.78 is 57.5. The number of carbonyl (C=O) groups is 1. The Morgan fingerprint density at radius 2 is 1.85 bits per heavy atom. The number of anilines is 1. The van der Waals surface area contributed by atoms with Gasteiger partial charge in [-0.25, -0.2) is 4.39 Å². The van der Waals surface area contributed by atoms with Gasteiger partial charge >= 0.3 is 6.18 Å². The van der Waals surface area contributed by atoms with Crippen LogP contribution in [0.4, 0.5) is 23.2 Å². The predicted molar refractivity (Wildman–Crippen MR) is 116 cm³/mol. The number of piperazine rings is 1. The highest BCUT2D eigenvalue weighted by Gasteiger charge is 2.31. The van der Waals surface area contributed by atoms with Gasteiger partial charge in [0, 0.05) is 37.4 Å². The first kappa shape index (κ1) is 23.8. The number of alkyl halides is 3. The lowest BCUT2D eigenvalue weighted by Crippen LogP contribution is -2.49. The van der Waals surface area contributed by atoms with Crippen LogP contribution in [0.1, 0.15) is 24.4 Å². The van der Waals surface area contributed by atoms with Gasteiger partial charge in [-0.15, -0.1) is 0 Å². The molecule has 34 heavy (non-hydrogen) atoms. The summed E-state index contributed by atoms with van der Waals surface area (Å²) in [5.74, 6) is -0.238. The lowest BCUT2D eigenvalue weighted by atomic mass is 10.1. The largest absolute Gasteiger partial charge is 0.416 e. The molecule has 2 aromatic carbocycles. The molecule has 7 nitrogen and oxygen atoms in total. The summed E-state index contributed by atoms with van der Waals surface area (Å²) in [5, 5.41) is 6.54. The van der Waals surface area contributed by atoms with Crippen molar-refractivity contribution in [2.24, 2.45) is 0 Å². The molecule has 4 rings (SSSR count). The highest BCUT2D eigenvalue weighted by molar-refractivity contribution is 5.92. The van der Waals surface area contributed by atoms with Gasteiger partial charge in [0.1, 0.15) is 5.82 Å². The van der Waals surface area contributed by atoms with Crippen LogP contribution in [0.3, 0.4) is 0 Å². The molecular formula is C23H23F4N5O2. The Morgan fingerprint density at radius 3 is 2.56 bits per heavy atom. The monoisotopic (exact) mass is 477 g/mol. The van der Waals surface area contributed by atoms with E-state index in [0.717, 1.165) is 12.1 Å². The van der Waals surface area contributed by atoms with Crippen LogP contribution in [-0.2, 0) is 11.0 Å². The van der Waals surface area contributed by atoms with Gasteiger partial charge in [-0.1, -0.05) is 23.4 Å². The highest BCUT2D eigenvalue weighted by Crippen LogP contribution is 2.32. The molecule has 3 aromatic rings. The quantitative estimate of drug-likeness (QED) is 0.536. The van der Waals surface area contributed by atoms with Crippen molar-refractivity contribution in [1.29, 1.82) is 0 Å². The molecule has 1 atom stereocenters. The van der Waals surface area contributed by atoms with Gasteiger partial charge in [-0.05, 0) is 37.3 Å². The summed E-state index contributed by atoms with van der Waals surface area (Å²) in [6.07, 6.45) is -4.45. The third-order valence-electron chi connectivity index (χ3n) is 5.68. The van der Waals surface area contributed by atoms with Crippen molar-refractivity contribution in [1.82, 2.24) is 19.9 Å². The summed E-state index contributed by atoms with van der Waals surface area (Å²) in [4.78, 5) is 20.7. The van der Waals surface area contributed by atoms with E-state index in [1.54, 1.807) is 6.07 Å². The van der Waals surface area contributed by atoms with E-state index < -0.39 is 17.6 Å². The maximum Gasteiger partial charge on any atom is 0.416 e. The molecule has 0 unspecified atom stereocenters. The van der Waals surface area contributed by atoms with Crippen molar-refractivity contribution in [3.05, 3.63) is 65.8 Å². The molecule has 1 saturated heterocycles. The van der Waals surface area contributed by atoms with E-state index >= 15 is 0 Å². The van der Waals surface area contributed by atoms with Crippen LogP contribution >= 0.6 is 0 Å². The fourth-order valence-corrected chi connectivity index (χ4v) is 3.79. The zero-order chi connectivity index (χ0) is 24.3. The standard InChI is InChI=1S/C23H23F4N5O2/c1-15(22-29-21(30-34-22)16-4-2-5-17(12-16)23(25,26)27)32-10-8-31(9-11-32)14-20(33)28-19-7-3-6-18(24)13-19/h2-7,12-13,15H,8-11,14H2,1H3,(H,28,33)/t15-/m1/s1. The Hall–Kier alpha value is -3.31. The molecule has 0 bridgehead atoms. The van der Waals surface area contributed by atoms with E-state index in [4.69, 9.17) is 4.52 Å². The normalized spacial score (nSPS) is 16.4. The summed E-state index contributed by atoms with van der Waals surface area (Å²) >= 11 is 0. The van der Waals surface area contributed by atoms with Crippen LogP contribution in [0.5, 0.6) is 0 Å². The summed E-state index contributed by atoms with van der Waals surface area (Å²) in [7, 11) is 0. The molecule has 2 heterocycles. The molecule has 0 spiro atoms. The first-order chi connectivity index (χ1) is 16.2. The van der Waals surface area contributed by atoms with Gasteiger partial charge in [0.25, 0.3) is 0 Å². The average molecular weight is 477 g/mol. The number of hydrogen-bond donors (Lipinski definition) is 1. The summed E-state index contributed by atoms with van der Waals surface area (Å²) in [5.41, 5.74) is -0.140. The van der Waals surface area contributed by atoms with Crippen LogP contribution in [0.2, 0.25) is 0 Å². The van der Waals surface area contributed by atoms with Crippen molar-refractivity contribution in [3.8, 4) is 11.4 Å². The first-order valence-electron chi connectivity index (χ1n) is 10.7. The van der Waals surface area contributed by atoms with Crippen molar-refractivity contribution in [2.75, 3.05) is 38.0 Å². The number of aromatic nitrogens is 2. The van der Waals surface area contributed by atoms with Gasteiger partial charge in [-0.2, -0.15) is 18.2 Å². The third-order valence-corrected chi connectivity index (χ3v) is 5.68. The van der Waals surface area contributed by atoms with Crippen molar-refractivity contribution in [3.63, 3.8) is 0 Å². The smallest absolute Gasteiger partial charge is 0.337 e. The van der Waals surface area contributed by atoms with Crippen LogP contribution in [0, 0.1) is 5.82 Å². The number of hydrogen-bond acceptors (Lipinski definition) is 6. The molecule has 1 aliphatic heterocycles. The molecule has 1 N–H and O–H groups in total. The molecule has 180 valence electrons. The SMILES string of the molecule is C[C@H](c1nc(-c2cccc(C(F)(F)F)c2)no1)N1CCN(CC(=O)Nc2cccc(F)c2)CC1. The first-order valence-corrected chi connectivity index (χ1v) is 10.7. The topological polar surface area (TPSA) is 74.5 Å². The van der Waals surface area contributed by atoms with Gasteiger partial charge in [0.05, 0.1) is 18.2 Å². The van der Waals surface area contributed by atoms with E-state index in [9.17, 15) is 22.4 Å². The molecule has 1 aliphatic rings. The fraction of sp³-hybridized carbons (Fsp3) is 0.348. The molecule has 11 heteroatoms. The number of rotatable bonds is 6. The highest BCUT2D eigenvalue weighted by atomic mass is 19.4. The van der Waals surface area contributed by atoms with E-state index in [2.05, 4.69) is 20.4 Å². The second-order valence-corrected chi connectivity index (χ2v) is 8.08. The number of nitrogens with one attached hydrogen (secondary N) is 1. The number of halogens is 4. The van der Waals surface area contributed by atoms with Crippen molar-refractivity contribution in [2.45, 2.75) is 19.1 Å². The Bertz CT molecular complexity index is 1140. The minimum atomic E-state index is -4.45. The lowest BCUT2D eigenvalue weighted by molar-refractivity contribution is -0.137. The molecule has 1 amide bonds. The minimum absolute atomic E-state index is 0.0978. The maximum atomic E-state index is 13.3. The minimum Gasteiger partial charge on any atom is -0.337 e. The summed E-state index contributed by atoms with van der Waals surface area (Å²) in [6, 6.07) is 10.3. The molecule has 0 saturated carbocycles. The Morgan fingerprint density at radius 1 is 1.12 bits per heavy atom.